The predicted molar refractivity (Wildman–Crippen MR) is 39.4 cm³/mol. The topological polar surface area (TPSA) is 72.5 Å². The Morgan fingerprint density at radius 2 is 2.18 bits per heavy atom. The maximum atomic E-state index is 10.7. The van der Waals surface area contributed by atoms with E-state index in [0.29, 0.717) is 6.42 Å². The lowest BCUT2D eigenvalue weighted by Gasteiger charge is -2.00. The molecule has 1 N–H and O–H groups in total. The molecule has 0 aromatic carbocycles. The molecule has 0 aromatic heterocycles. The van der Waals surface area contributed by atoms with E-state index in [1.54, 1.807) is 4.89 Å². The standard InChI is InChI=1S/C4H8ClNO4S/c5-2-1-3-11(8,9)6-10-4-7/h4,6H,1-3H2. The molecule has 0 fully saturated rings. The van der Waals surface area contributed by atoms with E-state index < -0.39 is 10.0 Å². The van der Waals surface area contributed by atoms with Crippen molar-refractivity contribution >= 4 is 28.1 Å². The molecule has 0 amide bonds. The molecule has 0 atom stereocenters. The quantitative estimate of drug-likeness (QED) is 0.361. The summed E-state index contributed by atoms with van der Waals surface area (Å²) in [4.78, 5) is 15.0. The molecule has 11 heavy (non-hydrogen) atoms. The summed E-state index contributed by atoms with van der Waals surface area (Å²) < 4.78 is 21.4. The first-order chi connectivity index (χ1) is 5.12. The highest BCUT2D eigenvalue weighted by Crippen LogP contribution is 1.90. The fourth-order valence-corrected chi connectivity index (χ4v) is 1.46. The zero-order valence-electron chi connectivity index (χ0n) is 5.62. The number of carbonyl (C=O) groups is 1. The van der Waals surface area contributed by atoms with Crippen molar-refractivity contribution in [3.8, 4) is 0 Å². The van der Waals surface area contributed by atoms with Crippen molar-refractivity contribution in [3.05, 3.63) is 0 Å². The summed E-state index contributed by atoms with van der Waals surface area (Å²) in [7, 11) is -3.49. The lowest BCUT2D eigenvalue weighted by molar-refractivity contribution is -0.131. The molecule has 0 aromatic rings. The first-order valence-corrected chi connectivity index (χ1v) is 4.96. The molecule has 0 aliphatic heterocycles. The van der Waals surface area contributed by atoms with Gasteiger partial charge in [-0.3, -0.25) is 4.79 Å². The van der Waals surface area contributed by atoms with Crippen LogP contribution in [0.2, 0.25) is 0 Å². The number of carbonyl (C=O) groups excluding carboxylic acids is 1. The molecule has 5 nitrogen and oxygen atoms in total. The van der Waals surface area contributed by atoms with E-state index in [1.807, 2.05) is 0 Å². The van der Waals surface area contributed by atoms with Crippen LogP contribution in [0.3, 0.4) is 0 Å². The monoisotopic (exact) mass is 201 g/mol. The summed E-state index contributed by atoms with van der Waals surface area (Å²) in [5.41, 5.74) is 0. The van der Waals surface area contributed by atoms with Gasteiger partial charge < -0.3 is 4.84 Å². The molecule has 0 saturated carbocycles. The Morgan fingerprint density at radius 1 is 1.55 bits per heavy atom. The Balaban J connectivity index is 3.71. The van der Waals surface area contributed by atoms with Crippen molar-refractivity contribution < 1.29 is 18.0 Å². The molecule has 0 saturated heterocycles. The van der Waals surface area contributed by atoms with Crippen LogP contribution < -0.4 is 4.89 Å². The van der Waals surface area contributed by atoms with Crippen LogP contribution in [0.5, 0.6) is 0 Å². The first kappa shape index (κ1) is 10.7. The molecular weight excluding hydrogens is 194 g/mol. The molecule has 0 radical (unpaired) electrons. The second-order valence-corrected chi connectivity index (χ2v) is 3.84. The number of alkyl halides is 1. The van der Waals surface area contributed by atoms with Crippen molar-refractivity contribution in [2.45, 2.75) is 6.42 Å². The number of hydrogen-bond acceptors (Lipinski definition) is 4. The van der Waals surface area contributed by atoms with Crippen molar-refractivity contribution in [1.82, 2.24) is 4.89 Å². The first-order valence-electron chi connectivity index (χ1n) is 2.77. The van der Waals surface area contributed by atoms with Crippen molar-refractivity contribution in [1.29, 1.82) is 0 Å². The average Bonchev–Trinajstić information content (AvgIpc) is 1.97. The van der Waals surface area contributed by atoms with Gasteiger partial charge in [-0.15, -0.1) is 11.6 Å². The van der Waals surface area contributed by atoms with Crippen LogP contribution in [0.15, 0.2) is 0 Å². The van der Waals surface area contributed by atoms with Crippen molar-refractivity contribution in [2.24, 2.45) is 0 Å². The second-order valence-electron chi connectivity index (χ2n) is 1.66. The maximum Gasteiger partial charge on any atom is 0.314 e. The summed E-state index contributed by atoms with van der Waals surface area (Å²) in [6.07, 6.45) is 0.319. The predicted octanol–water partition coefficient (Wildman–Crippen LogP) is -0.377. The van der Waals surface area contributed by atoms with E-state index in [0.717, 1.165) is 0 Å². The van der Waals surface area contributed by atoms with Gasteiger partial charge in [0.1, 0.15) is 0 Å². The molecular formula is C4H8ClNO4S. The maximum absolute atomic E-state index is 10.7. The van der Waals surface area contributed by atoms with Crippen LogP contribution in [0, 0.1) is 0 Å². The van der Waals surface area contributed by atoms with Crippen LogP contribution >= 0.6 is 11.6 Å². The smallest absolute Gasteiger partial charge is 0.314 e. The van der Waals surface area contributed by atoms with Crippen molar-refractivity contribution in [3.63, 3.8) is 0 Å². The summed E-state index contributed by atoms with van der Waals surface area (Å²) in [6.45, 7) is -0.00174. The SMILES string of the molecule is O=CONS(=O)(=O)CCCCl. The Bertz CT molecular complexity index is 202. The largest absolute Gasteiger partial charge is 0.359 e. The van der Waals surface area contributed by atoms with Gasteiger partial charge in [0.25, 0.3) is 0 Å². The fourth-order valence-electron chi connectivity index (χ4n) is 0.379. The molecule has 0 heterocycles. The number of halogens is 1. The Hall–Kier alpha value is -0.330. The van der Waals surface area contributed by atoms with Crippen molar-refractivity contribution in [2.75, 3.05) is 11.6 Å². The number of hydrogen-bond donors (Lipinski definition) is 1. The highest BCUT2D eigenvalue weighted by molar-refractivity contribution is 7.89. The summed E-state index contributed by atoms with van der Waals surface area (Å²) in [5.74, 6) is 0.104. The highest BCUT2D eigenvalue weighted by atomic mass is 35.5. The van der Waals surface area contributed by atoms with Gasteiger partial charge in [0.2, 0.25) is 10.0 Å². The van der Waals surface area contributed by atoms with Crippen LogP contribution in [-0.4, -0.2) is 26.5 Å². The van der Waals surface area contributed by atoms with Gasteiger partial charge in [0, 0.05) is 5.88 Å². The van der Waals surface area contributed by atoms with Gasteiger partial charge >= 0.3 is 6.47 Å². The summed E-state index contributed by atoms with van der Waals surface area (Å²) >= 11 is 5.24. The minimum Gasteiger partial charge on any atom is -0.359 e. The summed E-state index contributed by atoms with van der Waals surface area (Å²) in [6, 6.07) is 0. The van der Waals surface area contributed by atoms with E-state index in [-0.39, 0.29) is 18.1 Å². The number of sulfonamides is 1. The minimum absolute atomic E-state index is 0.00174. The van der Waals surface area contributed by atoms with E-state index in [4.69, 9.17) is 11.6 Å². The molecule has 66 valence electrons. The molecule has 0 aliphatic rings. The molecule has 0 rings (SSSR count). The lowest BCUT2D eigenvalue weighted by atomic mass is 10.6. The molecule has 0 bridgehead atoms. The lowest BCUT2D eigenvalue weighted by Crippen LogP contribution is -2.26. The van der Waals surface area contributed by atoms with Gasteiger partial charge in [0.15, 0.2) is 0 Å². The third kappa shape index (κ3) is 6.08. The molecule has 0 spiro atoms. The Morgan fingerprint density at radius 3 is 2.64 bits per heavy atom. The number of nitrogens with one attached hydrogen (secondary N) is 1. The fraction of sp³-hybridized carbons (Fsp3) is 0.750. The van der Waals surface area contributed by atoms with Gasteiger partial charge in [-0.25, -0.2) is 8.42 Å². The third-order valence-electron chi connectivity index (χ3n) is 0.770. The third-order valence-corrected chi connectivity index (χ3v) is 2.21. The average molecular weight is 202 g/mol. The van der Waals surface area contributed by atoms with Crippen LogP contribution in [0.1, 0.15) is 6.42 Å². The highest BCUT2D eigenvalue weighted by Gasteiger charge is 2.08. The van der Waals surface area contributed by atoms with Crippen LogP contribution in [0.25, 0.3) is 0 Å². The van der Waals surface area contributed by atoms with Crippen LogP contribution in [0.4, 0.5) is 0 Å². The van der Waals surface area contributed by atoms with E-state index in [2.05, 4.69) is 4.84 Å². The Kier molecular flexibility index (Phi) is 5.18. The van der Waals surface area contributed by atoms with Gasteiger partial charge in [0.05, 0.1) is 5.75 Å². The van der Waals surface area contributed by atoms with Gasteiger partial charge in [-0.2, -0.15) is 0 Å². The van der Waals surface area contributed by atoms with E-state index in [9.17, 15) is 13.2 Å². The van der Waals surface area contributed by atoms with Crippen LogP contribution in [-0.2, 0) is 19.7 Å². The van der Waals surface area contributed by atoms with Gasteiger partial charge in [-0.05, 0) is 11.3 Å². The zero-order valence-corrected chi connectivity index (χ0v) is 7.19. The zero-order chi connectivity index (χ0) is 8.74. The minimum atomic E-state index is -3.49. The normalized spacial score (nSPS) is 11.0. The Labute approximate surface area is 69.7 Å². The second kappa shape index (κ2) is 5.34. The van der Waals surface area contributed by atoms with E-state index in [1.165, 1.54) is 0 Å². The molecule has 0 unspecified atom stereocenters. The van der Waals surface area contributed by atoms with Gasteiger partial charge in [-0.1, -0.05) is 0 Å². The molecule has 7 heteroatoms. The molecule has 0 aliphatic carbocycles. The number of rotatable bonds is 6. The van der Waals surface area contributed by atoms with E-state index >= 15 is 0 Å². The summed E-state index contributed by atoms with van der Waals surface area (Å²) in [5, 5.41) is 0.